The van der Waals surface area contributed by atoms with Gasteiger partial charge in [0.1, 0.15) is 0 Å². The maximum Gasteiger partial charge on any atom is 0.321 e. The van der Waals surface area contributed by atoms with Crippen molar-refractivity contribution in [2.75, 3.05) is 18.4 Å². The highest BCUT2D eigenvalue weighted by atomic mass is 35.5. The Morgan fingerprint density at radius 3 is 2.74 bits per heavy atom. The first-order chi connectivity index (χ1) is 11.1. The molecular formula is C17H22ClN3O2. The van der Waals surface area contributed by atoms with Crippen molar-refractivity contribution in [2.45, 2.75) is 32.1 Å². The number of anilines is 1. The van der Waals surface area contributed by atoms with Gasteiger partial charge in [-0.15, -0.1) is 0 Å². The van der Waals surface area contributed by atoms with E-state index in [1.54, 1.807) is 12.1 Å². The number of rotatable bonds is 6. The molecule has 0 aromatic heterocycles. The van der Waals surface area contributed by atoms with Gasteiger partial charge >= 0.3 is 6.03 Å². The normalized spacial score (nSPS) is 13.9. The summed E-state index contributed by atoms with van der Waals surface area (Å²) in [6, 6.07) is 6.66. The maximum absolute atomic E-state index is 11.7. The minimum absolute atomic E-state index is 0.0116. The van der Waals surface area contributed by atoms with Crippen molar-refractivity contribution in [3.8, 4) is 0 Å². The summed E-state index contributed by atoms with van der Waals surface area (Å²) < 4.78 is 0. The Labute approximate surface area is 141 Å². The molecule has 5 nitrogen and oxygen atoms in total. The molecule has 0 atom stereocenters. The molecule has 3 amide bonds. The molecule has 1 aliphatic rings. The van der Waals surface area contributed by atoms with Crippen molar-refractivity contribution in [3.63, 3.8) is 0 Å². The number of urea groups is 1. The summed E-state index contributed by atoms with van der Waals surface area (Å²) in [5.74, 6) is -0.403. The standard InChI is InChI=1S/C17H22ClN3O2/c18-14-8-4-5-9-15(14)20-12-16(22)21-17(23)19-11-10-13-6-2-1-3-7-13/h4-6,8-9,20H,1-3,7,10-12H2,(H2,19,21,22,23). The summed E-state index contributed by atoms with van der Waals surface area (Å²) in [4.78, 5) is 23.4. The minimum atomic E-state index is -0.465. The van der Waals surface area contributed by atoms with Crippen LogP contribution in [0.4, 0.5) is 10.5 Å². The van der Waals surface area contributed by atoms with Crippen LogP contribution in [0.25, 0.3) is 0 Å². The zero-order valence-corrected chi connectivity index (χ0v) is 13.8. The van der Waals surface area contributed by atoms with Gasteiger partial charge < -0.3 is 10.6 Å². The van der Waals surface area contributed by atoms with Crippen LogP contribution in [-0.2, 0) is 4.79 Å². The molecule has 0 heterocycles. The van der Waals surface area contributed by atoms with Crippen LogP contribution in [0.1, 0.15) is 32.1 Å². The Bertz CT molecular complexity index is 587. The fourth-order valence-electron chi connectivity index (χ4n) is 2.46. The largest absolute Gasteiger partial charge is 0.375 e. The van der Waals surface area contributed by atoms with Gasteiger partial charge in [-0.3, -0.25) is 10.1 Å². The lowest BCUT2D eigenvalue weighted by Crippen LogP contribution is -2.42. The third-order valence-corrected chi connectivity index (χ3v) is 4.01. The van der Waals surface area contributed by atoms with Crippen LogP contribution in [0.3, 0.4) is 0 Å². The van der Waals surface area contributed by atoms with Gasteiger partial charge in [0.15, 0.2) is 0 Å². The SMILES string of the molecule is O=C(CNc1ccccc1Cl)NC(=O)NCCC1=CCCCC1. The molecule has 124 valence electrons. The molecule has 0 unspecified atom stereocenters. The topological polar surface area (TPSA) is 70.2 Å². The van der Waals surface area contributed by atoms with Gasteiger partial charge in [0.05, 0.1) is 17.3 Å². The summed E-state index contributed by atoms with van der Waals surface area (Å²) in [5, 5.41) is 8.42. The van der Waals surface area contributed by atoms with E-state index < -0.39 is 11.9 Å². The first-order valence-corrected chi connectivity index (χ1v) is 8.27. The summed E-state index contributed by atoms with van der Waals surface area (Å²) in [6.45, 7) is 0.533. The van der Waals surface area contributed by atoms with Gasteiger partial charge in [0, 0.05) is 6.54 Å². The molecule has 6 heteroatoms. The van der Waals surface area contributed by atoms with Crippen molar-refractivity contribution in [1.29, 1.82) is 0 Å². The molecule has 23 heavy (non-hydrogen) atoms. The Hall–Kier alpha value is -2.01. The summed E-state index contributed by atoms with van der Waals surface area (Å²) in [7, 11) is 0. The molecule has 0 aliphatic heterocycles. The fourth-order valence-corrected chi connectivity index (χ4v) is 2.67. The first-order valence-electron chi connectivity index (χ1n) is 7.89. The number of hydrogen-bond acceptors (Lipinski definition) is 3. The number of carbonyl (C=O) groups excluding carboxylic acids is 2. The number of hydrogen-bond donors (Lipinski definition) is 3. The number of halogens is 1. The molecule has 3 N–H and O–H groups in total. The van der Waals surface area contributed by atoms with Crippen molar-refractivity contribution in [1.82, 2.24) is 10.6 Å². The summed E-state index contributed by atoms with van der Waals surface area (Å²) >= 11 is 5.98. The molecule has 1 aliphatic carbocycles. The van der Waals surface area contributed by atoms with Crippen LogP contribution < -0.4 is 16.0 Å². The van der Waals surface area contributed by atoms with Gasteiger partial charge in [0.2, 0.25) is 5.91 Å². The zero-order chi connectivity index (χ0) is 16.5. The first kappa shape index (κ1) is 17.3. The number of allylic oxidation sites excluding steroid dienone is 1. The van der Waals surface area contributed by atoms with E-state index in [4.69, 9.17) is 11.6 Å². The Morgan fingerprint density at radius 2 is 2.00 bits per heavy atom. The van der Waals surface area contributed by atoms with E-state index in [9.17, 15) is 9.59 Å². The second kappa shape index (κ2) is 9.20. The molecule has 0 saturated heterocycles. The molecule has 1 aromatic carbocycles. The monoisotopic (exact) mass is 335 g/mol. The van der Waals surface area contributed by atoms with Crippen LogP contribution in [0, 0.1) is 0 Å². The van der Waals surface area contributed by atoms with Crippen molar-refractivity contribution >= 4 is 29.2 Å². The highest BCUT2D eigenvalue weighted by Crippen LogP contribution is 2.20. The van der Waals surface area contributed by atoms with Crippen LogP contribution >= 0.6 is 11.6 Å². The summed E-state index contributed by atoms with van der Waals surface area (Å²) in [5.41, 5.74) is 2.05. The molecule has 0 bridgehead atoms. The van der Waals surface area contributed by atoms with E-state index in [1.807, 2.05) is 12.1 Å². The Morgan fingerprint density at radius 1 is 1.17 bits per heavy atom. The fraction of sp³-hybridized carbons (Fsp3) is 0.412. The van der Waals surface area contributed by atoms with E-state index in [1.165, 1.54) is 18.4 Å². The molecule has 0 saturated carbocycles. The Balaban J connectivity index is 1.63. The molecule has 0 radical (unpaired) electrons. The maximum atomic E-state index is 11.7. The number of amides is 3. The van der Waals surface area contributed by atoms with Crippen molar-refractivity contribution < 1.29 is 9.59 Å². The van der Waals surface area contributed by atoms with E-state index >= 15 is 0 Å². The number of imide groups is 1. The lowest BCUT2D eigenvalue weighted by atomic mass is 9.97. The minimum Gasteiger partial charge on any atom is -0.375 e. The van der Waals surface area contributed by atoms with E-state index in [0.717, 1.165) is 19.3 Å². The lowest BCUT2D eigenvalue weighted by molar-refractivity contribution is -0.118. The number of benzene rings is 1. The second-order valence-corrected chi connectivity index (χ2v) is 5.90. The van der Waals surface area contributed by atoms with Crippen molar-refractivity contribution in [2.24, 2.45) is 0 Å². The molecular weight excluding hydrogens is 314 g/mol. The van der Waals surface area contributed by atoms with Gasteiger partial charge in [-0.1, -0.05) is 35.4 Å². The van der Waals surface area contributed by atoms with Crippen molar-refractivity contribution in [3.05, 3.63) is 40.9 Å². The lowest BCUT2D eigenvalue weighted by Gasteiger charge is -2.13. The van der Waals surface area contributed by atoms with Gasteiger partial charge in [0.25, 0.3) is 0 Å². The molecule has 0 fully saturated rings. The van der Waals surface area contributed by atoms with E-state index in [0.29, 0.717) is 17.3 Å². The summed E-state index contributed by atoms with van der Waals surface area (Å²) in [6.07, 6.45) is 7.83. The number of para-hydroxylation sites is 1. The quantitative estimate of drug-likeness (QED) is 0.697. The molecule has 0 spiro atoms. The number of nitrogens with one attached hydrogen (secondary N) is 3. The Kier molecular flexibility index (Phi) is 6.94. The highest BCUT2D eigenvalue weighted by molar-refractivity contribution is 6.33. The highest BCUT2D eigenvalue weighted by Gasteiger charge is 2.09. The second-order valence-electron chi connectivity index (χ2n) is 5.50. The van der Waals surface area contributed by atoms with Crippen LogP contribution in [0.15, 0.2) is 35.9 Å². The number of carbonyl (C=O) groups is 2. The third kappa shape index (κ3) is 6.32. The predicted octanol–water partition coefficient (Wildman–Crippen LogP) is 3.47. The third-order valence-electron chi connectivity index (χ3n) is 3.68. The average Bonchev–Trinajstić information content (AvgIpc) is 2.55. The van der Waals surface area contributed by atoms with Gasteiger partial charge in [-0.25, -0.2) is 4.79 Å². The van der Waals surface area contributed by atoms with Crippen LogP contribution in [-0.4, -0.2) is 25.0 Å². The van der Waals surface area contributed by atoms with Gasteiger partial charge in [-0.2, -0.15) is 0 Å². The smallest absolute Gasteiger partial charge is 0.321 e. The average molecular weight is 336 g/mol. The van der Waals surface area contributed by atoms with Gasteiger partial charge in [-0.05, 0) is 44.2 Å². The van der Waals surface area contributed by atoms with E-state index in [2.05, 4.69) is 22.0 Å². The van der Waals surface area contributed by atoms with E-state index in [-0.39, 0.29) is 6.54 Å². The van der Waals surface area contributed by atoms with Crippen LogP contribution in [0.2, 0.25) is 5.02 Å². The van der Waals surface area contributed by atoms with Crippen LogP contribution in [0.5, 0.6) is 0 Å². The zero-order valence-electron chi connectivity index (χ0n) is 13.0. The molecule has 1 aromatic rings. The predicted molar refractivity (Wildman–Crippen MR) is 92.7 cm³/mol. The molecule has 2 rings (SSSR count).